The Labute approximate surface area is 111 Å². The molecule has 0 amide bonds. The number of hydrogen-bond donors (Lipinski definition) is 1. The van der Waals surface area contributed by atoms with E-state index in [1.54, 1.807) is 0 Å². The van der Waals surface area contributed by atoms with Crippen molar-refractivity contribution in [2.45, 2.75) is 38.0 Å². The summed E-state index contributed by atoms with van der Waals surface area (Å²) in [7, 11) is 2.22. The van der Waals surface area contributed by atoms with Crippen molar-refractivity contribution in [3.8, 4) is 0 Å². The predicted octanol–water partition coefficient (Wildman–Crippen LogP) is 2.81. The molecule has 2 nitrogen and oxygen atoms in total. The van der Waals surface area contributed by atoms with E-state index in [2.05, 4.69) is 36.2 Å². The lowest BCUT2D eigenvalue weighted by atomic mass is 9.91. The lowest BCUT2D eigenvalue weighted by molar-refractivity contribution is 0.288. The van der Waals surface area contributed by atoms with Gasteiger partial charge in [0.05, 0.1) is 0 Å². The average Bonchev–Trinajstić information content (AvgIpc) is 2.62. The van der Waals surface area contributed by atoms with Gasteiger partial charge in [-0.2, -0.15) is 0 Å². The first kappa shape index (κ1) is 13.6. The quantitative estimate of drug-likeness (QED) is 0.884. The molecule has 1 N–H and O–H groups in total. The lowest BCUT2D eigenvalue weighted by Crippen LogP contribution is -2.18. The summed E-state index contributed by atoms with van der Waals surface area (Å²) in [5.74, 6) is 0.738. The van der Waals surface area contributed by atoms with E-state index < -0.39 is 0 Å². The minimum atomic E-state index is 0.288. The minimum Gasteiger partial charge on any atom is -0.396 e. The van der Waals surface area contributed by atoms with E-state index in [1.165, 1.54) is 43.5 Å². The second-order valence-corrected chi connectivity index (χ2v) is 5.50. The SMILES string of the molecule is CN1CCCC(c2ccc(CCCO)cc2)CC1. The first-order valence-electron chi connectivity index (χ1n) is 7.18. The minimum absolute atomic E-state index is 0.288. The van der Waals surface area contributed by atoms with Crippen molar-refractivity contribution in [1.82, 2.24) is 4.90 Å². The van der Waals surface area contributed by atoms with Crippen molar-refractivity contribution in [2.24, 2.45) is 0 Å². The number of rotatable bonds is 4. The molecule has 0 aromatic heterocycles. The van der Waals surface area contributed by atoms with Crippen LogP contribution in [0.4, 0.5) is 0 Å². The van der Waals surface area contributed by atoms with Gasteiger partial charge in [-0.15, -0.1) is 0 Å². The van der Waals surface area contributed by atoms with Gasteiger partial charge < -0.3 is 10.0 Å². The van der Waals surface area contributed by atoms with E-state index in [0.29, 0.717) is 0 Å². The molecule has 2 rings (SSSR count). The molecule has 0 radical (unpaired) electrons. The Bertz CT molecular complexity index is 347. The maximum atomic E-state index is 8.84. The zero-order valence-electron chi connectivity index (χ0n) is 11.4. The second kappa shape index (κ2) is 6.91. The van der Waals surface area contributed by atoms with Crippen LogP contribution < -0.4 is 0 Å². The van der Waals surface area contributed by atoms with E-state index in [1.807, 2.05) is 0 Å². The van der Waals surface area contributed by atoms with Crippen molar-refractivity contribution >= 4 is 0 Å². The molecule has 2 heteroatoms. The van der Waals surface area contributed by atoms with Crippen LogP contribution in [0.1, 0.15) is 42.7 Å². The number of nitrogens with zero attached hydrogens (tertiary/aromatic N) is 1. The van der Waals surface area contributed by atoms with Crippen molar-refractivity contribution in [3.05, 3.63) is 35.4 Å². The number of benzene rings is 1. The van der Waals surface area contributed by atoms with Gasteiger partial charge >= 0.3 is 0 Å². The molecule has 0 spiro atoms. The van der Waals surface area contributed by atoms with Gasteiger partial charge in [0, 0.05) is 6.61 Å². The van der Waals surface area contributed by atoms with E-state index in [0.717, 1.165) is 18.8 Å². The lowest BCUT2D eigenvalue weighted by Gasteiger charge is -2.15. The molecular formula is C16H25NO. The Morgan fingerprint density at radius 2 is 1.94 bits per heavy atom. The molecule has 0 saturated carbocycles. The topological polar surface area (TPSA) is 23.5 Å². The molecule has 1 aliphatic heterocycles. The molecule has 1 aromatic carbocycles. The van der Waals surface area contributed by atoms with Gasteiger partial charge in [-0.1, -0.05) is 24.3 Å². The number of aliphatic hydroxyl groups is 1. The number of likely N-dealkylation sites (tertiary alicyclic amines) is 1. The van der Waals surface area contributed by atoms with Crippen LogP contribution in [0.15, 0.2) is 24.3 Å². The maximum Gasteiger partial charge on any atom is 0.0434 e. The fourth-order valence-corrected chi connectivity index (χ4v) is 2.81. The Morgan fingerprint density at radius 3 is 2.67 bits per heavy atom. The molecule has 1 atom stereocenters. The largest absolute Gasteiger partial charge is 0.396 e. The maximum absolute atomic E-state index is 8.84. The summed E-state index contributed by atoms with van der Waals surface area (Å²) >= 11 is 0. The van der Waals surface area contributed by atoms with Gasteiger partial charge in [0.15, 0.2) is 0 Å². The third-order valence-electron chi connectivity index (χ3n) is 4.03. The van der Waals surface area contributed by atoms with Crippen LogP contribution in [0.25, 0.3) is 0 Å². The number of hydrogen-bond acceptors (Lipinski definition) is 2. The van der Waals surface area contributed by atoms with Gasteiger partial charge in [-0.3, -0.25) is 0 Å². The summed E-state index contributed by atoms with van der Waals surface area (Å²) < 4.78 is 0. The smallest absolute Gasteiger partial charge is 0.0434 e. The third kappa shape index (κ3) is 3.82. The Morgan fingerprint density at radius 1 is 1.17 bits per heavy atom. The molecule has 100 valence electrons. The normalized spacial score (nSPS) is 21.8. The van der Waals surface area contributed by atoms with Crippen LogP contribution in [-0.2, 0) is 6.42 Å². The molecule has 18 heavy (non-hydrogen) atoms. The first-order chi connectivity index (χ1) is 8.79. The van der Waals surface area contributed by atoms with Crippen LogP contribution in [0.3, 0.4) is 0 Å². The Kier molecular flexibility index (Phi) is 5.21. The predicted molar refractivity (Wildman–Crippen MR) is 75.9 cm³/mol. The summed E-state index contributed by atoms with van der Waals surface area (Å²) in [6, 6.07) is 9.06. The summed E-state index contributed by atoms with van der Waals surface area (Å²) in [6.07, 6.45) is 5.78. The average molecular weight is 247 g/mol. The fraction of sp³-hybridized carbons (Fsp3) is 0.625. The highest BCUT2D eigenvalue weighted by Gasteiger charge is 2.16. The highest BCUT2D eigenvalue weighted by molar-refractivity contribution is 5.25. The van der Waals surface area contributed by atoms with E-state index in [4.69, 9.17) is 5.11 Å². The van der Waals surface area contributed by atoms with Gasteiger partial charge in [-0.05, 0) is 69.3 Å². The molecular weight excluding hydrogens is 222 g/mol. The summed E-state index contributed by atoms with van der Waals surface area (Å²) in [6.45, 7) is 2.75. The van der Waals surface area contributed by atoms with Crippen LogP contribution in [-0.4, -0.2) is 36.8 Å². The Hall–Kier alpha value is -0.860. The van der Waals surface area contributed by atoms with Gasteiger partial charge in [0.2, 0.25) is 0 Å². The van der Waals surface area contributed by atoms with Crippen LogP contribution in [0, 0.1) is 0 Å². The standard InChI is InChI=1S/C16H25NO/c1-17-11-2-5-15(10-12-17)16-8-6-14(7-9-16)4-3-13-18/h6-9,15,18H,2-5,10-13H2,1H3. The fourth-order valence-electron chi connectivity index (χ4n) is 2.81. The van der Waals surface area contributed by atoms with E-state index in [-0.39, 0.29) is 6.61 Å². The van der Waals surface area contributed by atoms with Crippen LogP contribution in [0.2, 0.25) is 0 Å². The Balaban J connectivity index is 1.95. The summed E-state index contributed by atoms with van der Waals surface area (Å²) in [5.41, 5.74) is 2.84. The van der Waals surface area contributed by atoms with Gasteiger partial charge in [0.1, 0.15) is 0 Å². The molecule has 1 heterocycles. The van der Waals surface area contributed by atoms with Crippen molar-refractivity contribution in [1.29, 1.82) is 0 Å². The van der Waals surface area contributed by atoms with Crippen LogP contribution in [0.5, 0.6) is 0 Å². The zero-order chi connectivity index (χ0) is 12.8. The molecule has 1 aliphatic rings. The zero-order valence-corrected chi connectivity index (χ0v) is 11.4. The third-order valence-corrected chi connectivity index (χ3v) is 4.03. The molecule has 1 saturated heterocycles. The van der Waals surface area contributed by atoms with Crippen molar-refractivity contribution in [3.63, 3.8) is 0 Å². The molecule has 0 aliphatic carbocycles. The van der Waals surface area contributed by atoms with E-state index >= 15 is 0 Å². The van der Waals surface area contributed by atoms with Crippen LogP contribution >= 0.6 is 0 Å². The summed E-state index contributed by atoms with van der Waals surface area (Å²) in [5, 5.41) is 8.84. The first-order valence-corrected chi connectivity index (χ1v) is 7.18. The summed E-state index contributed by atoms with van der Waals surface area (Å²) in [4.78, 5) is 2.44. The highest BCUT2D eigenvalue weighted by atomic mass is 16.2. The molecule has 1 fully saturated rings. The second-order valence-electron chi connectivity index (χ2n) is 5.50. The van der Waals surface area contributed by atoms with Gasteiger partial charge in [-0.25, -0.2) is 0 Å². The number of aryl methyl sites for hydroxylation is 1. The molecule has 1 aromatic rings. The molecule has 0 bridgehead atoms. The monoisotopic (exact) mass is 247 g/mol. The van der Waals surface area contributed by atoms with Crippen molar-refractivity contribution in [2.75, 3.05) is 26.7 Å². The van der Waals surface area contributed by atoms with Gasteiger partial charge in [0.25, 0.3) is 0 Å². The number of aliphatic hydroxyl groups excluding tert-OH is 1. The highest BCUT2D eigenvalue weighted by Crippen LogP contribution is 2.27. The van der Waals surface area contributed by atoms with Crippen molar-refractivity contribution < 1.29 is 5.11 Å². The van der Waals surface area contributed by atoms with E-state index in [9.17, 15) is 0 Å². The molecule has 1 unspecified atom stereocenters.